The Balaban J connectivity index is 2.03. The van der Waals surface area contributed by atoms with Gasteiger partial charge in [-0.1, -0.05) is 18.2 Å². The number of nitro groups is 1. The van der Waals surface area contributed by atoms with Crippen molar-refractivity contribution in [2.75, 3.05) is 12.4 Å². The van der Waals surface area contributed by atoms with Gasteiger partial charge in [0.1, 0.15) is 11.3 Å². The number of aryl methyl sites for hydroxylation is 1. The molecule has 0 aliphatic carbocycles. The number of anilines is 1. The van der Waals surface area contributed by atoms with E-state index in [0.29, 0.717) is 16.7 Å². The van der Waals surface area contributed by atoms with Crippen LogP contribution in [0.25, 0.3) is 11.0 Å². The summed E-state index contributed by atoms with van der Waals surface area (Å²) in [7, 11) is 1.44. The molecule has 0 atom stereocenters. The van der Waals surface area contributed by atoms with E-state index in [4.69, 9.17) is 9.15 Å². The number of amides is 1. The van der Waals surface area contributed by atoms with Gasteiger partial charge in [0, 0.05) is 11.5 Å². The average molecular weight is 354 g/mol. The fraction of sp³-hybridized carbons (Fsp3) is 0.111. The molecule has 1 aromatic heterocycles. The molecule has 0 saturated heterocycles. The van der Waals surface area contributed by atoms with Gasteiger partial charge in [-0.25, -0.2) is 4.79 Å². The smallest absolute Gasteiger partial charge is 0.349 e. The van der Waals surface area contributed by atoms with Crippen molar-refractivity contribution in [2.45, 2.75) is 6.92 Å². The van der Waals surface area contributed by atoms with E-state index in [9.17, 15) is 19.7 Å². The molecular weight excluding hydrogens is 340 g/mol. The van der Waals surface area contributed by atoms with E-state index in [2.05, 4.69) is 5.32 Å². The van der Waals surface area contributed by atoms with Crippen molar-refractivity contribution >= 4 is 28.3 Å². The summed E-state index contributed by atoms with van der Waals surface area (Å²) in [6.45, 7) is 1.70. The number of nitro benzene ring substituents is 1. The fourth-order valence-electron chi connectivity index (χ4n) is 2.52. The van der Waals surface area contributed by atoms with Gasteiger partial charge < -0.3 is 14.5 Å². The van der Waals surface area contributed by atoms with Crippen LogP contribution in [0.3, 0.4) is 0 Å². The standard InChI is InChI=1S/C18H14N2O6/c1-10-6-7-13(14(8-10)20(23)24)19-17(21)12-9-11-4-3-5-15(25-2)16(11)26-18(12)22/h3-9H,1-2H3,(H,19,21). The first-order chi connectivity index (χ1) is 12.4. The van der Waals surface area contributed by atoms with Crippen LogP contribution in [0, 0.1) is 17.0 Å². The molecule has 0 bridgehead atoms. The average Bonchev–Trinajstić information content (AvgIpc) is 2.61. The second kappa shape index (κ2) is 6.67. The van der Waals surface area contributed by atoms with Gasteiger partial charge in [0.15, 0.2) is 11.3 Å². The molecule has 3 aromatic rings. The predicted octanol–water partition coefficient (Wildman–Crippen LogP) is 3.27. The van der Waals surface area contributed by atoms with Crippen molar-refractivity contribution < 1.29 is 18.9 Å². The van der Waals surface area contributed by atoms with Crippen molar-refractivity contribution in [3.63, 3.8) is 0 Å². The molecule has 1 N–H and O–H groups in total. The zero-order chi connectivity index (χ0) is 18.8. The highest BCUT2D eigenvalue weighted by atomic mass is 16.6. The summed E-state index contributed by atoms with van der Waals surface area (Å²) >= 11 is 0. The highest BCUT2D eigenvalue weighted by Gasteiger charge is 2.20. The third-order valence-electron chi connectivity index (χ3n) is 3.79. The molecule has 0 aliphatic heterocycles. The summed E-state index contributed by atoms with van der Waals surface area (Å²) in [5.74, 6) is -0.434. The van der Waals surface area contributed by atoms with E-state index in [0.717, 1.165) is 0 Å². The van der Waals surface area contributed by atoms with E-state index >= 15 is 0 Å². The zero-order valence-corrected chi connectivity index (χ0v) is 13.9. The SMILES string of the molecule is COc1cccc2cc(C(=O)Nc3ccc(C)cc3[N+](=O)[O-])c(=O)oc12. The minimum absolute atomic E-state index is 0.00395. The van der Waals surface area contributed by atoms with Gasteiger partial charge in [0.2, 0.25) is 0 Å². The van der Waals surface area contributed by atoms with Crippen LogP contribution in [0.1, 0.15) is 15.9 Å². The lowest BCUT2D eigenvalue weighted by molar-refractivity contribution is -0.384. The minimum atomic E-state index is -0.866. The van der Waals surface area contributed by atoms with Gasteiger partial charge in [-0.2, -0.15) is 0 Å². The number of para-hydroxylation sites is 1. The number of nitrogens with one attached hydrogen (secondary N) is 1. The van der Waals surface area contributed by atoms with E-state index in [1.165, 1.54) is 25.3 Å². The summed E-state index contributed by atoms with van der Waals surface area (Å²) in [6, 6.07) is 10.7. The predicted molar refractivity (Wildman–Crippen MR) is 94.8 cm³/mol. The zero-order valence-electron chi connectivity index (χ0n) is 13.9. The summed E-state index contributed by atoms with van der Waals surface area (Å²) < 4.78 is 10.3. The second-order valence-corrected chi connectivity index (χ2v) is 5.56. The highest BCUT2D eigenvalue weighted by molar-refractivity contribution is 6.06. The van der Waals surface area contributed by atoms with Gasteiger partial charge in [0.25, 0.3) is 11.6 Å². The fourth-order valence-corrected chi connectivity index (χ4v) is 2.52. The first-order valence-corrected chi connectivity index (χ1v) is 7.58. The van der Waals surface area contributed by atoms with Gasteiger partial charge in [0.05, 0.1) is 12.0 Å². The van der Waals surface area contributed by atoms with E-state index in [-0.39, 0.29) is 22.5 Å². The van der Waals surface area contributed by atoms with Crippen molar-refractivity contribution in [1.29, 1.82) is 0 Å². The lowest BCUT2D eigenvalue weighted by Crippen LogP contribution is -2.21. The summed E-state index contributed by atoms with van der Waals surface area (Å²) in [4.78, 5) is 35.2. The van der Waals surface area contributed by atoms with Gasteiger partial charge >= 0.3 is 5.63 Å². The molecule has 0 radical (unpaired) electrons. The number of ether oxygens (including phenoxy) is 1. The third kappa shape index (κ3) is 3.12. The summed E-state index contributed by atoms with van der Waals surface area (Å²) in [5.41, 5.74) is -0.499. The maximum absolute atomic E-state index is 12.5. The van der Waals surface area contributed by atoms with Crippen molar-refractivity contribution in [2.24, 2.45) is 0 Å². The molecule has 1 amide bonds. The highest BCUT2D eigenvalue weighted by Crippen LogP contribution is 2.27. The van der Waals surface area contributed by atoms with Crippen molar-refractivity contribution in [3.8, 4) is 5.75 Å². The minimum Gasteiger partial charge on any atom is -0.493 e. The Morgan fingerprint density at radius 2 is 2.00 bits per heavy atom. The molecule has 132 valence electrons. The largest absolute Gasteiger partial charge is 0.493 e. The Hall–Kier alpha value is -3.68. The summed E-state index contributed by atoms with van der Waals surface area (Å²) in [6.07, 6.45) is 0. The van der Waals surface area contributed by atoms with Gasteiger partial charge in [-0.3, -0.25) is 14.9 Å². The first-order valence-electron chi connectivity index (χ1n) is 7.58. The van der Waals surface area contributed by atoms with Crippen LogP contribution < -0.4 is 15.7 Å². The molecule has 8 nitrogen and oxygen atoms in total. The number of nitrogens with zero attached hydrogens (tertiary/aromatic N) is 1. The van der Waals surface area contributed by atoms with E-state index < -0.39 is 16.5 Å². The van der Waals surface area contributed by atoms with Gasteiger partial charge in [-0.15, -0.1) is 0 Å². The molecule has 0 spiro atoms. The quantitative estimate of drug-likeness (QED) is 0.437. The first kappa shape index (κ1) is 17.2. The molecule has 0 saturated carbocycles. The molecule has 8 heteroatoms. The number of carbonyl (C=O) groups excluding carboxylic acids is 1. The number of carbonyl (C=O) groups is 1. The Morgan fingerprint density at radius 1 is 1.23 bits per heavy atom. The number of benzene rings is 2. The topological polar surface area (TPSA) is 112 Å². The molecule has 0 fully saturated rings. The maximum Gasteiger partial charge on any atom is 0.349 e. The van der Waals surface area contributed by atoms with Gasteiger partial charge in [-0.05, 0) is 30.7 Å². The Labute approximate surface area is 147 Å². The van der Waals surface area contributed by atoms with E-state index in [1.54, 1.807) is 31.2 Å². The molecular formula is C18H14N2O6. The third-order valence-corrected chi connectivity index (χ3v) is 3.79. The van der Waals surface area contributed by atoms with Crippen LogP contribution in [0.15, 0.2) is 51.7 Å². The monoisotopic (exact) mass is 354 g/mol. The lowest BCUT2D eigenvalue weighted by atomic mass is 10.1. The van der Waals surface area contributed by atoms with E-state index in [1.807, 2.05) is 0 Å². The molecule has 1 heterocycles. The second-order valence-electron chi connectivity index (χ2n) is 5.56. The number of rotatable bonds is 4. The Bertz CT molecular complexity index is 1090. The maximum atomic E-state index is 12.5. The molecule has 26 heavy (non-hydrogen) atoms. The molecule has 0 unspecified atom stereocenters. The number of hydrogen-bond donors (Lipinski definition) is 1. The van der Waals surface area contributed by atoms with Crippen LogP contribution in [0.4, 0.5) is 11.4 Å². The molecule has 2 aromatic carbocycles. The normalized spacial score (nSPS) is 10.5. The number of hydrogen-bond acceptors (Lipinski definition) is 6. The van der Waals surface area contributed by atoms with Crippen LogP contribution in [0.2, 0.25) is 0 Å². The Kier molecular flexibility index (Phi) is 4.40. The molecule has 3 rings (SSSR count). The number of fused-ring (bicyclic) bond motifs is 1. The number of methoxy groups -OCH3 is 1. The van der Waals surface area contributed by atoms with Crippen LogP contribution in [0.5, 0.6) is 5.75 Å². The van der Waals surface area contributed by atoms with Crippen LogP contribution in [-0.2, 0) is 0 Å². The lowest BCUT2D eigenvalue weighted by Gasteiger charge is -2.08. The van der Waals surface area contributed by atoms with Crippen molar-refractivity contribution in [1.82, 2.24) is 0 Å². The van der Waals surface area contributed by atoms with Crippen LogP contribution >= 0.6 is 0 Å². The Morgan fingerprint density at radius 3 is 2.69 bits per heavy atom. The molecule has 0 aliphatic rings. The van der Waals surface area contributed by atoms with Crippen molar-refractivity contribution in [3.05, 3.63) is 74.1 Å². The summed E-state index contributed by atoms with van der Waals surface area (Å²) in [5, 5.41) is 14.1. The van der Waals surface area contributed by atoms with Crippen LogP contribution in [-0.4, -0.2) is 17.9 Å².